The molecule has 0 aliphatic rings. The fourth-order valence-electron chi connectivity index (χ4n) is 2.04. The summed E-state index contributed by atoms with van der Waals surface area (Å²) in [6.07, 6.45) is 1.44. The minimum absolute atomic E-state index is 0.215. The lowest BCUT2D eigenvalue weighted by atomic mass is 10.2. The molecule has 0 fully saturated rings. The Bertz CT molecular complexity index is 822. The summed E-state index contributed by atoms with van der Waals surface area (Å²) in [6, 6.07) is 18.0. The van der Waals surface area contributed by atoms with Gasteiger partial charge in [-0.2, -0.15) is 0 Å². The van der Waals surface area contributed by atoms with Crippen LogP contribution >= 0.6 is 0 Å². The summed E-state index contributed by atoms with van der Waals surface area (Å²) >= 11 is 0. The molecule has 0 unspecified atom stereocenters. The summed E-state index contributed by atoms with van der Waals surface area (Å²) in [5.74, 6) is 0.242. The fourth-order valence-corrected chi connectivity index (χ4v) is 2.04. The number of carbonyl (C=O) groups is 1. The summed E-state index contributed by atoms with van der Waals surface area (Å²) in [5, 5.41) is 15.3. The summed E-state index contributed by atoms with van der Waals surface area (Å²) < 4.78 is 0. The Morgan fingerprint density at radius 3 is 2.17 bits per heavy atom. The number of nitrogens with one attached hydrogen (secondary N) is 2. The molecule has 23 heavy (non-hydrogen) atoms. The van der Waals surface area contributed by atoms with E-state index >= 15 is 0 Å². The molecule has 0 aliphatic carbocycles. The predicted molar refractivity (Wildman–Crippen MR) is 88.4 cm³/mol. The molecule has 2 aromatic carbocycles. The van der Waals surface area contributed by atoms with Gasteiger partial charge in [-0.15, -0.1) is 0 Å². The number of hydrogen-bond acceptors (Lipinski definition) is 5. The second-order valence-electron chi connectivity index (χ2n) is 4.79. The van der Waals surface area contributed by atoms with Crippen LogP contribution in [0.5, 0.6) is 0 Å². The van der Waals surface area contributed by atoms with Gasteiger partial charge in [-0.05, 0) is 30.3 Å². The molecule has 1 heterocycles. The van der Waals surface area contributed by atoms with Crippen molar-refractivity contribution in [2.24, 2.45) is 0 Å². The molecule has 0 saturated carbocycles. The SMILES string of the molecule is O=C(O)c1cccc(Nc2cc(Nc3ccccc3)ncn2)c1. The number of aromatic nitrogens is 2. The van der Waals surface area contributed by atoms with Crippen molar-refractivity contribution in [1.82, 2.24) is 9.97 Å². The van der Waals surface area contributed by atoms with Crippen molar-refractivity contribution in [3.8, 4) is 0 Å². The highest BCUT2D eigenvalue weighted by atomic mass is 16.4. The van der Waals surface area contributed by atoms with Gasteiger partial charge >= 0.3 is 5.97 Å². The van der Waals surface area contributed by atoms with Gasteiger partial charge in [0.05, 0.1) is 5.56 Å². The molecule has 3 rings (SSSR count). The van der Waals surface area contributed by atoms with Crippen LogP contribution in [0.4, 0.5) is 23.0 Å². The van der Waals surface area contributed by atoms with E-state index in [2.05, 4.69) is 20.6 Å². The predicted octanol–water partition coefficient (Wildman–Crippen LogP) is 3.66. The molecule has 0 aliphatic heterocycles. The molecule has 0 saturated heterocycles. The van der Waals surface area contributed by atoms with Gasteiger partial charge in [-0.1, -0.05) is 24.3 Å². The van der Waals surface area contributed by atoms with Crippen molar-refractivity contribution in [2.45, 2.75) is 0 Å². The minimum atomic E-state index is -0.970. The van der Waals surface area contributed by atoms with E-state index in [-0.39, 0.29) is 5.56 Å². The number of anilines is 4. The average Bonchev–Trinajstić information content (AvgIpc) is 2.56. The van der Waals surface area contributed by atoms with Crippen LogP contribution in [0.15, 0.2) is 67.0 Å². The summed E-state index contributed by atoms with van der Waals surface area (Å²) in [6.45, 7) is 0. The van der Waals surface area contributed by atoms with Crippen molar-refractivity contribution >= 4 is 29.0 Å². The summed E-state index contributed by atoms with van der Waals surface area (Å²) in [4.78, 5) is 19.3. The number of hydrogen-bond donors (Lipinski definition) is 3. The van der Waals surface area contributed by atoms with Crippen LogP contribution < -0.4 is 10.6 Å². The minimum Gasteiger partial charge on any atom is -0.478 e. The van der Waals surface area contributed by atoms with Crippen LogP contribution in [0, 0.1) is 0 Å². The molecule has 6 nitrogen and oxygen atoms in total. The highest BCUT2D eigenvalue weighted by molar-refractivity contribution is 5.89. The number of benzene rings is 2. The smallest absolute Gasteiger partial charge is 0.335 e. The molecule has 0 atom stereocenters. The first-order valence-electron chi connectivity index (χ1n) is 6.95. The fraction of sp³-hybridized carbons (Fsp3) is 0. The van der Waals surface area contributed by atoms with Gasteiger partial charge in [-0.3, -0.25) is 0 Å². The van der Waals surface area contributed by atoms with Gasteiger partial charge in [0.2, 0.25) is 0 Å². The van der Waals surface area contributed by atoms with Gasteiger partial charge in [-0.25, -0.2) is 14.8 Å². The summed E-state index contributed by atoms with van der Waals surface area (Å²) in [7, 11) is 0. The lowest BCUT2D eigenvalue weighted by Crippen LogP contribution is -2.00. The third-order valence-electron chi connectivity index (χ3n) is 3.10. The first-order valence-corrected chi connectivity index (χ1v) is 6.95. The van der Waals surface area contributed by atoms with Crippen LogP contribution in [0.2, 0.25) is 0 Å². The van der Waals surface area contributed by atoms with Crippen LogP contribution in [-0.2, 0) is 0 Å². The summed E-state index contributed by atoms with van der Waals surface area (Å²) in [5.41, 5.74) is 1.78. The Hall–Kier alpha value is -3.41. The van der Waals surface area contributed by atoms with Crippen molar-refractivity contribution in [3.05, 3.63) is 72.6 Å². The van der Waals surface area contributed by atoms with Crippen LogP contribution in [0.25, 0.3) is 0 Å². The molecular formula is C17H14N4O2. The molecule has 6 heteroatoms. The Balaban J connectivity index is 1.77. The zero-order valence-electron chi connectivity index (χ0n) is 12.1. The van der Waals surface area contributed by atoms with Gasteiger partial charge in [0.25, 0.3) is 0 Å². The largest absolute Gasteiger partial charge is 0.478 e. The Morgan fingerprint density at radius 1 is 0.826 bits per heavy atom. The zero-order valence-corrected chi connectivity index (χ0v) is 12.1. The van der Waals surface area contributed by atoms with Gasteiger partial charge in [0.15, 0.2) is 0 Å². The molecule has 3 aromatic rings. The Kier molecular flexibility index (Phi) is 4.15. The molecule has 0 spiro atoms. The van der Waals surface area contributed by atoms with E-state index in [1.54, 1.807) is 24.3 Å². The Morgan fingerprint density at radius 2 is 1.48 bits per heavy atom. The van der Waals surface area contributed by atoms with Gasteiger partial charge in [0.1, 0.15) is 18.0 Å². The number of carboxylic acid groups (broad SMARTS) is 1. The second kappa shape index (κ2) is 6.57. The van der Waals surface area contributed by atoms with E-state index in [9.17, 15) is 4.79 Å². The first kappa shape index (κ1) is 14.5. The molecule has 0 bridgehead atoms. The third kappa shape index (κ3) is 3.82. The zero-order chi connectivity index (χ0) is 16.1. The number of para-hydroxylation sites is 1. The standard InChI is InChI=1S/C17H14N4O2/c22-17(23)12-5-4-8-14(9-12)21-16-10-15(18-11-19-16)20-13-6-2-1-3-7-13/h1-11H,(H,22,23)(H2,18,19,20,21). The lowest BCUT2D eigenvalue weighted by molar-refractivity contribution is 0.0697. The van der Waals surface area contributed by atoms with E-state index in [1.807, 2.05) is 30.3 Å². The van der Waals surface area contributed by atoms with Crippen molar-refractivity contribution in [1.29, 1.82) is 0 Å². The molecular weight excluding hydrogens is 292 g/mol. The topological polar surface area (TPSA) is 87.1 Å². The van der Waals surface area contributed by atoms with Gasteiger partial charge < -0.3 is 15.7 Å². The first-order chi connectivity index (χ1) is 11.2. The second-order valence-corrected chi connectivity index (χ2v) is 4.79. The van der Waals surface area contributed by atoms with E-state index in [0.717, 1.165) is 5.69 Å². The number of carboxylic acids is 1. The normalized spacial score (nSPS) is 10.1. The quantitative estimate of drug-likeness (QED) is 0.667. The highest BCUT2D eigenvalue weighted by Crippen LogP contribution is 2.19. The van der Waals surface area contributed by atoms with Crippen molar-refractivity contribution in [2.75, 3.05) is 10.6 Å². The molecule has 1 aromatic heterocycles. The molecule has 0 amide bonds. The molecule has 0 radical (unpaired) electrons. The molecule has 114 valence electrons. The van der Waals surface area contributed by atoms with Crippen LogP contribution in [-0.4, -0.2) is 21.0 Å². The lowest BCUT2D eigenvalue weighted by Gasteiger charge is -2.09. The van der Waals surface area contributed by atoms with Gasteiger partial charge in [0, 0.05) is 17.4 Å². The Labute approximate surface area is 132 Å². The molecule has 3 N–H and O–H groups in total. The third-order valence-corrected chi connectivity index (χ3v) is 3.10. The highest BCUT2D eigenvalue weighted by Gasteiger charge is 2.04. The van der Waals surface area contributed by atoms with Crippen LogP contribution in [0.1, 0.15) is 10.4 Å². The maximum atomic E-state index is 11.0. The number of nitrogens with zero attached hydrogens (tertiary/aromatic N) is 2. The van der Waals surface area contributed by atoms with E-state index in [0.29, 0.717) is 17.3 Å². The van der Waals surface area contributed by atoms with E-state index in [1.165, 1.54) is 12.4 Å². The van der Waals surface area contributed by atoms with Crippen molar-refractivity contribution in [3.63, 3.8) is 0 Å². The van der Waals surface area contributed by atoms with E-state index < -0.39 is 5.97 Å². The van der Waals surface area contributed by atoms with Crippen LogP contribution in [0.3, 0.4) is 0 Å². The number of rotatable bonds is 5. The number of aromatic carboxylic acids is 1. The average molecular weight is 306 g/mol. The maximum absolute atomic E-state index is 11.0. The maximum Gasteiger partial charge on any atom is 0.335 e. The van der Waals surface area contributed by atoms with Crippen molar-refractivity contribution < 1.29 is 9.90 Å². The monoisotopic (exact) mass is 306 g/mol. The van der Waals surface area contributed by atoms with E-state index in [4.69, 9.17) is 5.11 Å².